The van der Waals surface area contributed by atoms with E-state index in [0.717, 1.165) is 31.8 Å². The van der Waals surface area contributed by atoms with Gasteiger partial charge < -0.3 is 10.3 Å². The van der Waals surface area contributed by atoms with Gasteiger partial charge in [-0.25, -0.2) is 0 Å². The highest BCUT2D eigenvalue weighted by molar-refractivity contribution is 5.85. The molecule has 2 heterocycles. The second kappa shape index (κ2) is 5.61. The second-order valence-electron chi connectivity index (χ2n) is 4.12. The Hall–Kier alpha value is -0.650. The van der Waals surface area contributed by atoms with Crippen LogP contribution < -0.4 is 5.73 Å². The van der Waals surface area contributed by atoms with Gasteiger partial charge in [-0.2, -0.15) is 4.98 Å². The summed E-state index contributed by atoms with van der Waals surface area (Å²) in [5.74, 6) is 1.49. The molecule has 6 heteroatoms. The fraction of sp³-hybridized carbons (Fsp3) is 0.800. The summed E-state index contributed by atoms with van der Waals surface area (Å²) in [5.41, 5.74) is 5.86. The van der Waals surface area contributed by atoms with E-state index in [-0.39, 0.29) is 18.4 Å². The monoisotopic (exact) mass is 246 g/mol. The molecule has 0 bridgehead atoms. The number of nitrogens with two attached hydrogens (primary N) is 1. The van der Waals surface area contributed by atoms with Gasteiger partial charge in [-0.3, -0.25) is 4.90 Å². The smallest absolute Gasteiger partial charge is 0.243 e. The van der Waals surface area contributed by atoms with Gasteiger partial charge in [0.1, 0.15) is 0 Å². The van der Waals surface area contributed by atoms with Crippen LogP contribution in [0.1, 0.15) is 38.0 Å². The van der Waals surface area contributed by atoms with Gasteiger partial charge in [-0.15, -0.1) is 12.4 Å². The molecule has 0 amide bonds. The minimum Gasteiger partial charge on any atom is -0.338 e. The Morgan fingerprint density at radius 1 is 1.62 bits per heavy atom. The predicted molar refractivity (Wildman–Crippen MR) is 63.5 cm³/mol. The second-order valence-corrected chi connectivity index (χ2v) is 4.12. The largest absolute Gasteiger partial charge is 0.338 e. The van der Waals surface area contributed by atoms with Crippen LogP contribution in [0.15, 0.2) is 4.52 Å². The van der Waals surface area contributed by atoms with E-state index < -0.39 is 0 Å². The molecule has 1 aromatic rings. The van der Waals surface area contributed by atoms with E-state index in [2.05, 4.69) is 22.0 Å². The van der Waals surface area contributed by atoms with Crippen molar-refractivity contribution in [3.63, 3.8) is 0 Å². The third kappa shape index (κ3) is 2.72. The molecular formula is C10H19ClN4O. The van der Waals surface area contributed by atoms with E-state index in [1.54, 1.807) is 0 Å². The van der Waals surface area contributed by atoms with Gasteiger partial charge in [0.05, 0.1) is 6.04 Å². The van der Waals surface area contributed by atoms with Gasteiger partial charge in [0.2, 0.25) is 5.89 Å². The molecule has 16 heavy (non-hydrogen) atoms. The third-order valence-corrected chi connectivity index (χ3v) is 2.96. The summed E-state index contributed by atoms with van der Waals surface area (Å²) < 4.78 is 5.22. The first kappa shape index (κ1) is 13.4. The van der Waals surface area contributed by atoms with Crippen LogP contribution in [0.3, 0.4) is 0 Å². The Morgan fingerprint density at radius 3 is 2.88 bits per heavy atom. The van der Waals surface area contributed by atoms with E-state index in [1.807, 2.05) is 6.92 Å². The van der Waals surface area contributed by atoms with Gasteiger partial charge in [0.15, 0.2) is 5.82 Å². The summed E-state index contributed by atoms with van der Waals surface area (Å²) in [7, 11) is 0. The zero-order chi connectivity index (χ0) is 10.8. The maximum Gasteiger partial charge on any atom is 0.243 e. The zero-order valence-electron chi connectivity index (χ0n) is 9.72. The van der Waals surface area contributed by atoms with Crippen molar-refractivity contribution in [2.75, 3.05) is 13.1 Å². The molecule has 0 aliphatic carbocycles. The summed E-state index contributed by atoms with van der Waals surface area (Å²) in [6.07, 6.45) is 1.87. The van der Waals surface area contributed by atoms with Gasteiger partial charge in [0, 0.05) is 25.6 Å². The number of aromatic nitrogens is 2. The molecule has 0 aromatic carbocycles. The van der Waals surface area contributed by atoms with Gasteiger partial charge in [-0.1, -0.05) is 12.1 Å². The van der Waals surface area contributed by atoms with Crippen molar-refractivity contribution in [3.05, 3.63) is 11.7 Å². The third-order valence-electron chi connectivity index (χ3n) is 2.96. The normalized spacial score (nSPS) is 23.1. The summed E-state index contributed by atoms with van der Waals surface area (Å²) in [6.45, 7) is 6.05. The molecule has 0 radical (unpaired) electrons. The topological polar surface area (TPSA) is 68.2 Å². The van der Waals surface area contributed by atoms with Crippen LogP contribution in [0.5, 0.6) is 0 Å². The maximum absolute atomic E-state index is 5.86. The van der Waals surface area contributed by atoms with Gasteiger partial charge in [-0.05, 0) is 13.3 Å². The van der Waals surface area contributed by atoms with Crippen LogP contribution in [0.4, 0.5) is 0 Å². The van der Waals surface area contributed by atoms with Crippen LogP contribution in [0.25, 0.3) is 0 Å². The average Bonchev–Trinajstić information content (AvgIpc) is 2.84. The molecule has 5 nitrogen and oxygen atoms in total. The molecule has 1 aliphatic heterocycles. The molecule has 0 spiro atoms. The molecule has 2 N–H and O–H groups in total. The first-order valence-electron chi connectivity index (χ1n) is 5.52. The minimum atomic E-state index is 0. The van der Waals surface area contributed by atoms with E-state index in [0.29, 0.717) is 11.9 Å². The first-order valence-corrected chi connectivity index (χ1v) is 5.52. The lowest BCUT2D eigenvalue weighted by Gasteiger charge is -2.20. The quantitative estimate of drug-likeness (QED) is 0.867. The van der Waals surface area contributed by atoms with E-state index in [9.17, 15) is 0 Å². The maximum atomic E-state index is 5.86. The number of hydrogen-bond donors (Lipinski definition) is 1. The molecule has 1 aromatic heterocycles. The molecule has 1 unspecified atom stereocenters. The zero-order valence-corrected chi connectivity index (χ0v) is 10.5. The minimum absolute atomic E-state index is 0. The van der Waals surface area contributed by atoms with Crippen molar-refractivity contribution in [3.8, 4) is 0 Å². The molecule has 1 fully saturated rings. The molecule has 1 aliphatic rings. The molecule has 2 atom stereocenters. The fourth-order valence-electron chi connectivity index (χ4n) is 1.90. The highest BCUT2D eigenvalue weighted by atomic mass is 35.5. The highest BCUT2D eigenvalue weighted by Crippen LogP contribution is 2.22. The Labute approximate surface area is 102 Å². The molecule has 92 valence electrons. The fourth-order valence-corrected chi connectivity index (χ4v) is 1.90. The van der Waals surface area contributed by atoms with Crippen LogP contribution in [-0.2, 0) is 6.42 Å². The predicted octanol–water partition coefficient (Wildman–Crippen LogP) is 1.15. The van der Waals surface area contributed by atoms with Crippen molar-refractivity contribution < 1.29 is 4.52 Å². The number of nitrogens with zero attached hydrogens (tertiary/aromatic N) is 3. The van der Waals surface area contributed by atoms with Crippen LogP contribution in [0.2, 0.25) is 0 Å². The Kier molecular flexibility index (Phi) is 4.70. The molecule has 1 saturated heterocycles. The van der Waals surface area contributed by atoms with E-state index >= 15 is 0 Å². The number of hydrogen-bond acceptors (Lipinski definition) is 5. The van der Waals surface area contributed by atoms with Crippen LogP contribution in [0, 0.1) is 0 Å². The van der Waals surface area contributed by atoms with Crippen molar-refractivity contribution in [2.24, 2.45) is 5.73 Å². The Morgan fingerprint density at radius 2 is 2.38 bits per heavy atom. The SMILES string of the molecule is CCc1noc(C(C)N2CC[C@@H](N)C2)n1.Cl. The number of aryl methyl sites for hydroxylation is 1. The highest BCUT2D eigenvalue weighted by Gasteiger charge is 2.27. The van der Waals surface area contributed by atoms with Crippen LogP contribution in [-0.4, -0.2) is 34.2 Å². The molecule has 2 rings (SSSR count). The Balaban J connectivity index is 0.00000128. The van der Waals surface area contributed by atoms with E-state index in [1.165, 1.54) is 0 Å². The first-order chi connectivity index (χ1) is 7.20. The van der Waals surface area contributed by atoms with Gasteiger partial charge >= 0.3 is 0 Å². The average molecular weight is 247 g/mol. The number of rotatable bonds is 3. The summed E-state index contributed by atoms with van der Waals surface area (Å²) in [6, 6.07) is 0.479. The lowest BCUT2D eigenvalue weighted by Crippen LogP contribution is -2.29. The molecular weight excluding hydrogens is 228 g/mol. The van der Waals surface area contributed by atoms with Crippen molar-refractivity contribution >= 4 is 12.4 Å². The number of likely N-dealkylation sites (tertiary alicyclic amines) is 1. The van der Waals surface area contributed by atoms with Crippen molar-refractivity contribution in [2.45, 2.75) is 38.8 Å². The standard InChI is InChI=1S/C10H18N4O.ClH/c1-3-9-12-10(15-13-9)7(2)14-5-4-8(11)6-14;/h7-8H,3-6,11H2,1-2H3;1H/t7?,8-;/m1./s1. The van der Waals surface area contributed by atoms with Crippen molar-refractivity contribution in [1.29, 1.82) is 0 Å². The van der Waals surface area contributed by atoms with E-state index in [4.69, 9.17) is 10.3 Å². The lowest BCUT2D eigenvalue weighted by molar-refractivity contribution is 0.207. The summed E-state index contributed by atoms with van der Waals surface area (Å²) in [4.78, 5) is 6.63. The van der Waals surface area contributed by atoms with Crippen molar-refractivity contribution in [1.82, 2.24) is 15.0 Å². The van der Waals surface area contributed by atoms with Crippen LogP contribution >= 0.6 is 12.4 Å². The Bertz CT molecular complexity index is 330. The lowest BCUT2D eigenvalue weighted by atomic mass is 10.3. The summed E-state index contributed by atoms with van der Waals surface area (Å²) in [5, 5.41) is 3.90. The molecule has 0 saturated carbocycles. The summed E-state index contributed by atoms with van der Waals surface area (Å²) >= 11 is 0. The number of halogens is 1. The van der Waals surface area contributed by atoms with Gasteiger partial charge in [0.25, 0.3) is 0 Å².